The van der Waals surface area contributed by atoms with Crippen molar-refractivity contribution in [1.82, 2.24) is 9.97 Å². The highest BCUT2D eigenvalue weighted by atomic mass is 16.5. The van der Waals surface area contributed by atoms with Crippen molar-refractivity contribution in [2.24, 2.45) is 0 Å². The summed E-state index contributed by atoms with van der Waals surface area (Å²) in [5, 5.41) is 0. The zero-order valence-electron chi connectivity index (χ0n) is 31.6. The van der Waals surface area contributed by atoms with E-state index in [0.717, 1.165) is 33.4 Å². The number of nitrogens with zero attached hydrogens (tertiary/aromatic N) is 2. The van der Waals surface area contributed by atoms with E-state index in [1.165, 1.54) is 0 Å². The molecule has 2 aromatic heterocycles. The molecular weight excluding hydrogens is 701 g/mol. The molecule has 0 fully saturated rings. The Balaban J connectivity index is 1.51. The molecule has 0 N–H and O–H groups in total. The van der Waals surface area contributed by atoms with Crippen molar-refractivity contribution in [2.75, 3.05) is 27.4 Å². The van der Waals surface area contributed by atoms with E-state index in [1.807, 2.05) is 146 Å². The van der Waals surface area contributed by atoms with Crippen molar-refractivity contribution in [3.05, 3.63) is 157 Å². The summed E-state index contributed by atoms with van der Waals surface area (Å²) in [5.41, 5.74) is 8.84. The smallest absolute Gasteiger partial charge is 0.340 e. The maximum absolute atomic E-state index is 14.0. The van der Waals surface area contributed by atoms with E-state index in [9.17, 15) is 9.59 Å². The molecule has 0 atom stereocenters. The fourth-order valence-corrected chi connectivity index (χ4v) is 6.65. The fraction of sp³-hybridized carbons (Fsp3) is 0.125. The molecule has 2 heterocycles. The molecular formula is C48H40N2O6. The number of hydrogen-bond donors (Lipinski definition) is 0. The number of carbonyl (C=O) groups is 2. The molecule has 0 bridgehead atoms. The first kappa shape index (κ1) is 37.3. The number of rotatable bonds is 12. The van der Waals surface area contributed by atoms with Gasteiger partial charge in [-0.2, -0.15) is 0 Å². The maximum atomic E-state index is 14.0. The Morgan fingerprint density at radius 3 is 1.18 bits per heavy atom. The second-order valence-corrected chi connectivity index (χ2v) is 12.8. The molecule has 7 rings (SSSR count). The Labute approximate surface area is 326 Å². The average Bonchev–Trinajstić information content (AvgIpc) is 3.26. The minimum absolute atomic E-state index is 0.184. The molecule has 8 heteroatoms. The third-order valence-corrected chi connectivity index (χ3v) is 9.35. The van der Waals surface area contributed by atoms with E-state index in [0.29, 0.717) is 56.5 Å². The summed E-state index contributed by atoms with van der Waals surface area (Å²) < 4.78 is 22.2. The first-order valence-electron chi connectivity index (χ1n) is 18.4. The van der Waals surface area contributed by atoms with Crippen LogP contribution >= 0.6 is 0 Å². The summed E-state index contributed by atoms with van der Waals surface area (Å²) in [5.74, 6) is 0.438. The Morgan fingerprint density at radius 2 is 0.821 bits per heavy atom. The van der Waals surface area contributed by atoms with Gasteiger partial charge in [0.15, 0.2) is 0 Å². The van der Waals surface area contributed by atoms with Gasteiger partial charge >= 0.3 is 11.9 Å². The normalized spacial score (nSPS) is 10.8. The topological polar surface area (TPSA) is 96.8 Å². The van der Waals surface area contributed by atoms with Crippen molar-refractivity contribution in [2.45, 2.75) is 13.8 Å². The second kappa shape index (κ2) is 17.0. The van der Waals surface area contributed by atoms with Crippen LogP contribution in [0.2, 0.25) is 0 Å². The number of hydrogen-bond acceptors (Lipinski definition) is 8. The molecule has 0 aliphatic heterocycles. The molecule has 0 saturated carbocycles. The molecule has 0 aliphatic rings. The van der Waals surface area contributed by atoms with Crippen LogP contribution in [0.15, 0.2) is 146 Å². The molecule has 0 aliphatic carbocycles. The molecule has 0 amide bonds. The summed E-state index contributed by atoms with van der Waals surface area (Å²) in [4.78, 5) is 38.2. The second-order valence-electron chi connectivity index (χ2n) is 12.8. The van der Waals surface area contributed by atoms with Gasteiger partial charge in [0.2, 0.25) is 0 Å². The molecule has 0 unspecified atom stereocenters. The molecule has 0 saturated heterocycles. The van der Waals surface area contributed by atoms with Crippen LogP contribution in [-0.4, -0.2) is 49.3 Å². The Morgan fingerprint density at radius 1 is 0.446 bits per heavy atom. The van der Waals surface area contributed by atoms with E-state index < -0.39 is 11.9 Å². The fourth-order valence-electron chi connectivity index (χ4n) is 6.65. The highest BCUT2D eigenvalue weighted by Gasteiger charge is 2.26. The van der Waals surface area contributed by atoms with E-state index in [-0.39, 0.29) is 13.2 Å². The van der Waals surface area contributed by atoms with E-state index in [2.05, 4.69) is 0 Å². The van der Waals surface area contributed by atoms with Crippen LogP contribution in [0.1, 0.15) is 34.6 Å². The van der Waals surface area contributed by atoms with Gasteiger partial charge in [-0.3, -0.25) is 0 Å². The zero-order valence-corrected chi connectivity index (χ0v) is 31.6. The highest BCUT2D eigenvalue weighted by molar-refractivity contribution is 6.06. The van der Waals surface area contributed by atoms with Gasteiger partial charge in [0.1, 0.15) is 11.5 Å². The maximum Gasteiger partial charge on any atom is 0.340 e. The number of ether oxygens (including phenoxy) is 4. The van der Waals surface area contributed by atoms with E-state index in [4.69, 9.17) is 28.9 Å². The number of methoxy groups -OCH3 is 2. The Kier molecular flexibility index (Phi) is 11.3. The number of aromatic nitrogens is 2. The van der Waals surface area contributed by atoms with Crippen LogP contribution in [0.4, 0.5) is 0 Å². The van der Waals surface area contributed by atoms with Gasteiger partial charge in [-0.1, -0.05) is 78.9 Å². The van der Waals surface area contributed by atoms with Crippen molar-refractivity contribution in [1.29, 1.82) is 0 Å². The lowest BCUT2D eigenvalue weighted by atomic mass is 9.89. The molecule has 278 valence electrons. The summed E-state index contributed by atoms with van der Waals surface area (Å²) >= 11 is 0. The minimum atomic E-state index is -0.496. The zero-order chi connectivity index (χ0) is 39.0. The van der Waals surface area contributed by atoms with E-state index >= 15 is 0 Å². The van der Waals surface area contributed by atoms with Gasteiger partial charge in [-0.05, 0) is 91.7 Å². The quantitative estimate of drug-likeness (QED) is 0.114. The van der Waals surface area contributed by atoms with Crippen molar-refractivity contribution < 1.29 is 28.5 Å². The Hall–Kier alpha value is -7.06. The predicted octanol–water partition coefficient (Wildman–Crippen LogP) is 10.8. The van der Waals surface area contributed by atoms with Crippen LogP contribution in [0.5, 0.6) is 11.5 Å². The number of pyridine rings is 2. The lowest BCUT2D eigenvalue weighted by Gasteiger charge is -2.19. The molecule has 56 heavy (non-hydrogen) atoms. The van der Waals surface area contributed by atoms with Gasteiger partial charge in [0, 0.05) is 33.4 Å². The molecule has 8 nitrogen and oxygen atoms in total. The van der Waals surface area contributed by atoms with E-state index in [1.54, 1.807) is 28.1 Å². The van der Waals surface area contributed by atoms with Crippen LogP contribution in [0.3, 0.4) is 0 Å². The lowest BCUT2D eigenvalue weighted by Crippen LogP contribution is -2.11. The number of carbonyl (C=O) groups excluding carboxylic acids is 2. The largest absolute Gasteiger partial charge is 0.497 e. The first-order valence-corrected chi connectivity index (χ1v) is 18.4. The summed E-state index contributed by atoms with van der Waals surface area (Å²) in [6.07, 6.45) is 0. The summed E-state index contributed by atoms with van der Waals surface area (Å²) in [6.45, 7) is 3.93. The number of esters is 2. The van der Waals surface area contributed by atoms with Crippen LogP contribution in [0.25, 0.3) is 67.3 Å². The Bertz CT molecular complexity index is 2310. The molecule has 5 aromatic carbocycles. The van der Waals surface area contributed by atoms with Crippen molar-refractivity contribution in [3.8, 4) is 78.8 Å². The first-order chi connectivity index (χ1) is 27.4. The third kappa shape index (κ3) is 7.77. The van der Waals surface area contributed by atoms with Gasteiger partial charge < -0.3 is 18.9 Å². The summed E-state index contributed by atoms with van der Waals surface area (Å²) in [7, 11) is 3.25. The average molecular weight is 741 g/mol. The third-order valence-electron chi connectivity index (χ3n) is 9.35. The number of benzene rings is 5. The van der Waals surface area contributed by atoms with Crippen LogP contribution < -0.4 is 9.47 Å². The van der Waals surface area contributed by atoms with Gasteiger partial charge in [-0.15, -0.1) is 0 Å². The summed E-state index contributed by atoms with van der Waals surface area (Å²) in [6, 6.07) is 46.1. The van der Waals surface area contributed by atoms with Crippen molar-refractivity contribution >= 4 is 11.9 Å². The standard InChI is InChI=1S/C48H40N2O6/c1-5-55-47(51)43-39(29-41(31-20-24-37(53-3)25-21-31)49-45(43)33-14-9-7-10-15-33)35-18-13-19-36(28-35)40-30-42(32-22-26-38(54-4)27-23-32)50-46(34-16-11-8-12-17-34)44(40)48(52)56-6-2/h7-30H,5-6H2,1-4H3. The monoisotopic (exact) mass is 740 g/mol. The van der Waals surface area contributed by atoms with Gasteiger partial charge in [-0.25, -0.2) is 19.6 Å². The molecule has 7 aromatic rings. The SMILES string of the molecule is CCOC(=O)c1c(-c2cccc(-c3cc(-c4ccc(OC)cc4)nc(-c4ccccc4)c3C(=O)OCC)c2)cc(-c2ccc(OC)cc2)nc1-c1ccccc1. The van der Waals surface area contributed by atoms with Crippen molar-refractivity contribution in [3.63, 3.8) is 0 Å². The minimum Gasteiger partial charge on any atom is -0.497 e. The van der Waals surface area contributed by atoms with Crippen LogP contribution in [-0.2, 0) is 9.47 Å². The van der Waals surface area contributed by atoms with Crippen LogP contribution in [0, 0.1) is 0 Å². The highest BCUT2D eigenvalue weighted by Crippen LogP contribution is 2.40. The van der Waals surface area contributed by atoms with Gasteiger partial charge in [0.05, 0.1) is 61.3 Å². The predicted molar refractivity (Wildman–Crippen MR) is 220 cm³/mol. The molecule has 0 radical (unpaired) electrons. The lowest BCUT2D eigenvalue weighted by molar-refractivity contribution is 0.0518. The van der Waals surface area contributed by atoms with Gasteiger partial charge in [0.25, 0.3) is 0 Å². The molecule has 0 spiro atoms.